The molecule has 1 atom stereocenters. The van der Waals surface area contributed by atoms with Crippen molar-refractivity contribution in [2.75, 3.05) is 19.6 Å². The van der Waals surface area contributed by atoms with E-state index in [2.05, 4.69) is 16.3 Å². The average Bonchev–Trinajstić information content (AvgIpc) is 2.91. The molecule has 1 heterocycles. The van der Waals surface area contributed by atoms with Gasteiger partial charge in [-0.2, -0.15) is 5.26 Å². The van der Waals surface area contributed by atoms with E-state index in [1.165, 1.54) is 0 Å². The van der Waals surface area contributed by atoms with Gasteiger partial charge in [0.25, 0.3) is 0 Å². The number of nitrogens with zero attached hydrogens (tertiary/aromatic N) is 2. The summed E-state index contributed by atoms with van der Waals surface area (Å²) in [6, 6.07) is 9.96. The first-order valence-electron chi connectivity index (χ1n) is 8.04. The molecular weight excluding hydrogens is 290 g/mol. The van der Waals surface area contributed by atoms with E-state index in [0.29, 0.717) is 12.5 Å². The van der Waals surface area contributed by atoms with E-state index < -0.39 is 5.60 Å². The molecular formula is C18H25N3O2. The number of carbonyl (C=O) groups is 1. The van der Waals surface area contributed by atoms with Crippen LogP contribution in [0.25, 0.3) is 0 Å². The van der Waals surface area contributed by atoms with E-state index in [-0.39, 0.29) is 6.09 Å². The predicted octanol–water partition coefficient (Wildman–Crippen LogP) is 2.90. The number of alkyl carbamates (subject to hydrolysis) is 1. The molecule has 0 unspecified atom stereocenters. The van der Waals surface area contributed by atoms with Crippen molar-refractivity contribution in [3.63, 3.8) is 0 Å². The Morgan fingerprint density at radius 1 is 1.43 bits per heavy atom. The molecule has 1 aromatic rings. The number of nitrogens with one attached hydrogen (secondary N) is 1. The maximum atomic E-state index is 11.7. The van der Waals surface area contributed by atoms with E-state index in [4.69, 9.17) is 10.00 Å². The third-order valence-corrected chi connectivity index (χ3v) is 3.84. The SMILES string of the molecule is CC(C)(C)OC(=O)NC[C@H]1CCN(Cc2ccccc2C#N)C1. The fraction of sp³-hybridized carbons (Fsp3) is 0.556. The fourth-order valence-corrected chi connectivity index (χ4v) is 2.77. The molecule has 0 spiro atoms. The average molecular weight is 315 g/mol. The van der Waals surface area contributed by atoms with Gasteiger partial charge in [0.2, 0.25) is 0 Å². The molecule has 1 fully saturated rings. The highest BCUT2D eigenvalue weighted by Crippen LogP contribution is 2.19. The van der Waals surface area contributed by atoms with Crippen molar-refractivity contribution in [1.82, 2.24) is 10.2 Å². The van der Waals surface area contributed by atoms with Gasteiger partial charge in [-0.25, -0.2) is 4.79 Å². The van der Waals surface area contributed by atoms with Gasteiger partial charge in [0, 0.05) is 19.6 Å². The van der Waals surface area contributed by atoms with Gasteiger partial charge < -0.3 is 10.1 Å². The number of carbonyl (C=O) groups excluding carboxylic acids is 1. The highest BCUT2D eigenvalue weighted by molar-refractivity contribution is 5.67. The number of amides is 1. The topological polar surface area (TPSA) is 65.4 Å². The smallest absolute Gasteiger partial charge is 0.407 e. The van der Waals surface area contributed by atoms with Crippen LogP contribution < -0.4 is 5.32 Å². The summed E-state index contributed by atoms with van der Waals surface area (Å²) in [6.07, 6.45) is 0.690. The number of hydrogen-bond donors (Lipinski definition) is 1. The Labute approximate surface area is 138 Å². The van der Waals surface area contributed by atoms with Gasteiger partial charge in [-0.3, -0.25) is 4.90 Å². The summed E-state index contributed by atoms with van der Waals surface area (Å²) in [4.78, 5) is 14.0. The van der Waals surface area contributed by atoms with Crippen LogP contribution >= 0.6 is 0 Å². The van der Waals surface area contributed by atoms with Crippen molar-refractivity contribution in [1.29, 1.82) is 5.26 Å². The van der Waals surface area contributed by atoms with Gasteiger partial charge in [-0.05, 0) is 51.3 Å². The number of hydrogen-bond acceptors (Lipinski definition) is 4. The predicted molar refractivity (Wildman–Crippen MR) is 88.8 cm³/mol. The van der Waals surface area contributed by atoms with E-state index in [1.54, 1.807) is 0 Å². The first-order valence-corrected chi connectivity index (χ1v) is 8.04. The monoisotopic (exact) mass is 315 g/mol. The van der Waals surface area contributed by atoms with Crippen LogP contribution in [-0.4, -0.2) is 36.2 Å². The summed E-state index contributed by atoms with van der Waals surface area (Å²) in [7, 11) is 0. The molecule has 1 amide bonds. The molecule has 124 valence electrons. The number of benzene rings is 1. The van der Waals surface area contributed by atoms with Crippen LogP contribution in [0.1, 0.15) is 38.3 Å². The lowest BCUT2D eigenvalue weighted by Gasteiger charge is -2.21. The summed E-state index contributed by atoms with van der Waals surface area (Å²) < 4.78 is 5.25. The Morgan fingerprint density at radius 2 is 2.17 bits per heavy atom. The normalized spacial score (nSPS) is 18.4. The van der Waals surface area contributed by atoms with E-state index in [9.17, 15) is 4.79 Å². The molecule has 5 heteroatoms. The maximum absolute atomic E-state index is 11.7. The number of rotatable bonds is 4. The van der Waals surface area contributed by atoms with E-state index >= 15 is 0 Å². The van der Waals surface area contributed by atoms with E-state index in [1.807, 2.05) is 45.0 Å². The maximum Gasteiger partial charge on any atom is 0.407 e. The number of ether oxygens (including phenoxy) is 1. The molecule has 2 rings (SSSR count). The van der Waals surface area contributed by atoms with Crippen molar-refractivity contribution in [3.8, 4) is 6.07 Å². The highest BCUT2D eigenvalue weighted by atomic mass is 16.6. The largest absolute Gasteiger partial charge is 0.444 e. The van der Waals surface area contributed by atoms with Crippen LogP contribution in [0.4, 0.5) is 4.79 Å². The van der Waals surface area contributed by atoms with Gasteiger partial charge in [-0.15, -0.1) is 0 Å². The minimum atomic E-state index is -0.465. The highest BCUT2D eigenvalue weighted by Gasteiger charge is 2.24. The third-order valence-electron chi connectivity index (χ3n) is 3.84. The minimum Gasteiger partial charge on any atom is -0.444 e. The second-order valence-electron chi connectivity index (χ2n) is 7.04. The molecule has 1 aliphatic heterocycles. The summed E-state index contributed by atoms with van der Waals surface area (Å²) in [6.45, 7) is 8.90. The van der Waals surface area contributed by atoms with Crippen LogP contribution in [0.2, 0.25) is 0 Å². The van der Waals surface area contributed by atoms with Gasteiger partial charge in [0.05, 0.1) is 11.6 Å². The van der Waals surface area contributed by atoms with Crippen LogP contribution in [-0.2, 0) is 11.3 Å². The first-order chi connectivity index (χ1) is 10.9. The minimum absolute atomic E-state index is 0.356. The lowest BCUT2D eigenvalue weighted by molar-refractivity contribution is 0.0519. The molecule has 1 saturated heterocycles. The zero-order valence-electron chi connectivity index (χ0n) is 14.1. The zero-order chi connectivity index (χ0) is 16.9. The Morgan fingerprint density at radius 3 is 2.87 bits per heavy atom. The van der Waals surface area contributed by atoms with Gasteiger partial charge >= 0.3 is 6.09 Å². The summed E-state index contributed by atoms with van der Waals surface area (Å²) in [5.41, 5.74) is 1.34. The van der Waals surface area contributed by atoms with Crippen LogP contribution in [0.3, 0.4) is 0 Å². The van der Waals surface area contributed by atoms with Gasteiger partial charge in [0.15, 0.2) is 0 Å². The second-order valence-corrected chi connectivity index (χ2v) is 7.04. The molecule has 1 aromatic carbocycles. The van der Waals surface area contributed by atoms with Crippen molar-refractivity contribution < 1.29 is 9.53 Å². The first kappa shape index (κ1) is 17.3. The van der Waals surface area contributed by atoms with E-state index in [0.717, 1.165) is 37.2 Å². The summed E-state index contributed by atoms with van der Waals surface area (Å²) in [5.74, 6) is 0.428. The van der Waals surface area contributed by atoms with Gasteiger partial charge in [-0.1, -0.05) is 18.2 Å². The van der Waals surface area contributed by atoms with Crippen molar-refractivity contribution in [2.45, 2.75) is 39.3 Å². The molecule has 5 nitrogen and oxygen atoms in total. The fourth-order valence-electron chi connectivity index (χ4n) is 2.77. The van der Waals surface area contributed by atoms with Crippen molar-refractivity contribution in [2.24, 2.45) is 5.92 Å². The van der Waals surface area contributed by atoms with Crippen LogP contribution in [0, 0.1) is 17.2 Å². The number of nitriles is 1. The molecule has 1 aliphatic rings. The van der Waals surface area contributed by atoms with Crippen molar-refractivity contribution in [3.05, 3.63) is 35.4 Å². The zero-order valence-corrected chi connectivity index (χ0v) is 14.1. The Bertz CT molecular complexity index is 587. The Kier molecular flexibility index (Phi) is 5.62. The van der Waals surface area contributed by atoms with Gasteiger partial charge in [0.1, 0.15) is 5.60 Å². The molecule has 0 radical (unpaired) electrons. The lowest BCUT2D eigenvalue weighted by Crippen LogP contribution is -2.36. The summed E-state index contributed by atoms with van der Waals surface area (Å²) >= 11 is 0. The molecule has 0 bridgehead atoms. The Balaban J connectivity index is 1.78. The van der Waals surface area contributed by atoms with Crippen molar-refractivity contribution >= 4 is 6.09 Å². The van der Waals surface area contributed by atoms with Crippen LogP contribution in [0.5, 0.6) is 0 Å². The second kappa shape index (κ2) is 7.47. The lowest BCUT2D eigenvalue weighted by atomic mass is 10.1. The third kappa shape index (κ3) is 5.57. The molecule has 0 aliphatic carbocycles. The molecule has 0 aromatic heterocycles. The molecule has 0 saturated carbocycles. The molecule has 23 heavy (non-hydrogen) atoms. The standard InChI is InChI=1S/C18H25N3O2/c1-18(2,3)23-17(22)20-11-14-8-9-21(12-14)13-16-7-5-4-6-15(16)10-19/h4-7,14H,8-9,11-13H2,1-3H3,(H,20,22)/t14-/m1/s1. The Hall–Kier alpha value is -2.06. The molecule has 1 N–H and O–H groups in total. The number of likely N-dealkylation sites (tertiary alicyclic amines) is 1. The van der Waals surface area contributed by atoms with Crippen LogP contribution in [0.15, 0.2) is 24.3 Å². The summed E-state index contributed by atoms with van der Waals surface area (Å²) in [5, 5.41) is 12.0. The quantitative estimate of drug-likeness (QED) is 0.928.